The third kappa shape index (κ3) is 4.37. The Balaban J connectivity index is 1.25. The number of carbonyl (C=O) groups is 3. The molecule has 1 saturated heterocycles. The Morgan fingerprint density at radius 1 is 1.17 bits per heavy atom. The molecule has 30 heavy (non-hydrogen) atoms. The smallest absolute Gasteiger partial charge is 0.338 e. The van der Waals surface area contributed by atoms with E-state index in [-0.39, 0.29) is 24.1 Å². The molecule has 0 bridgehead atoms. The van der Waals surface area contributed by atoms with E-state index in [9.17, 15) is 14.4 Å². The van der Waals surface area contributed by atoms with Crippen molar-refractivity contribution in [1.29, 1.82) is 0 Å². The van der Waals surface area contributed by atoms with Crippen molar-refractivity contribution in [3.05, 3.63) is 54.1 Å². The van der Waals surface area contributed by atoms with Crippen LogP contribution in [0.4, 0.5) is 11.4 Å². The molecule has 0 unspecified atom stereocenters. The number of hydrogen-bond acceptors (Lipinski definition) is 6. The Labute approximate surface area is 174 Å². The number of esters is 1. The molecule has 2 aliphatic heterocycles. The minimum atomic E-state index is -0.619. The van der Waals surface area contributed by atoms with Crippen LogP contribution in [-0.4, -0.2) is 50.1 Å². The lowest BCUT2D eigenvalue weighted by molar-refractivity contribution is -0.124. The van der Waals surface area contributed by atoms with Gasteiger partial charge in [0, 0.05) is 6.54 Å². The van der Waals surface area contributed by atoms with Gasteiger partial charge in [0.2, 0.25) is 5.91 Å². The monoisotopic (exact) mass is 409 g/mol. The third-order valence-corrected chi connectivity index (χ3v) is 5.13. The number of rotatable bonds is 7. The number of para-hydroxylation sites is 1. The fourth-order valence-corrected chi connectivity index (χ4v) is 3.70. The topological polar surface area (TPSA) is 97.0 Å². The van der Waals surface area contributed by atoms with Gasteiger partial charge in [0.05, 0.1) is 23.5 Å². The second kappa shape index (κ2) is 8.86. The zero-order valence-electron chi connectivity index (χ0n) is 16.4. The molecule has 2 amide bonds. The van der Waals surface area contributed by atoms with Crippen molar-refractivity contribution in [2.24, 2.45) is 0 Å². The first kappa shape index (κ1) is 19.8. The minimum Gasteiger partial charge on any atom is -0.492 e. The van der Waals surface area contributed by atoms with E-state index >= 15 is 0 Å². The van der Waals surface area contributed by atoms with E-state index in [1.807, 2.05) is 36.4 Å². The Kier molecular flexibility index (Phi) is 5.83. The van der Waals surface area contributed by atoms with Crippen LogP contribution in [0.1, 0.15) is 23.2 Å². The molecule has 2 aromatic rings. The number of nitrogens with zero attached hydrogens (tertiary/aromatic N) is 1. The molecule has 156 valence electrons. The van der Waals surface area contributed by atoms with Crippen LogP contribution in [0.15, 0.2) is 48.5 Å². The molecule has 2 aromatic carbocycles. The molecule has 1 atom stereocenters. The molecule has 0 aliphatic carbocycles. The van der Waals surface area contributed by atoms with E-state index in [2.05, 4.69) is 15.5 Å². The van der Waals surface area contributed by atoms with E-state index in [0.29, 0.717) is 18.8 Å². The van der Waals surface area contributed by atoms with E-state index in [1.165, 1.54) is 0 Å². The Bertz CT molecular complexity index is 947. The second-order valence-corrected chi connectivity index (χ2v) is 7.16. The summed E-state index contributed by atoms with van der Waals surface area (Å²) in [6.45, 7) is 1.05. The maximum Gasteiger partial charge on any atom is 0.338 e. The summed E-state index contributed by atoms with van der Waals surface area (Å²) in [5.74, 6) is -0.363. The van der Waals surface area contributed by atoms with Crippen LogP contribution in [0.2, 0.25) is 0 Å². The number of amides is 2. The average molecular weight is 409 g/mol. The van der Waals surface area contributed by atoms with Crippen LogP contribution in [-0.2, 0) is 14.3 Å². The van der Waals surface area contributed by atoms with Crippen LogP contribution < -0.4 is 20.3 Å². The Morgan fingerprint density at radius 2 is 2.00 bits per heavy atom. The first-order valence-corrected chi connectivity index (χ1v) is 9.95. The highest BCUT2D eigenvalue weighted by Gasteiger charge is 2.36. The zero-order chi connectivity index (χ0) is 20.9. The quantitative estimate of drug-likeness (QED) is 0.536. The summed E-state index contributed by atoms with van der Waals surface area (Å²) in [5, 5.41) is 5.49. The van der Waals surface area contributed by atoms with Gasteiger partial charge in [-0.3, -0.25) is 9.59 Å². The Morgan fingerprint density at radius 3 is 2.83 bits per heavy atom. The van der Waals surface area contributed by atoms with Crippen molar-refractivity contribution in [3.8, 4) is 5.75 Å². The summed E-state index contributed by atoms with van der Waals surface area (Å²) in [6.07, 6.45) is 1.80. The number of ether oxygens (including phenoxy) is 2. The van der Waals surface area contributed by atoms with Gasteiger partial charge in [0.1, 0.15) is 18.4 Å². The van der Waals surface area contributed by atoms with Gasteiger partial charge >= 0.3 is 5.97 Å². The molecule has 2 heterocycles. The van der Waals surface area contributed by atoms with Crippen LogP contribution in [0.5, 0.6) is 5.75 Å². The number of carbonyl (C=O) groups excluding carboxylic acids is 3. The van der Waals surface area contributed by atoms with Crippen LogP contribution >= 0.6 is 0 Å². The van der Waals surface area contributed by atoms with Crippen molar-refractivity contribution in [1.82, 2.24) is 5.32 Å². The van der Waals surface area contributed by atoms with Crippen LogP contribution in [0.25, 0.3) is 0 Å². The van der Waals surface area contributed by atoms with Crippen molar-refractivity contribution in [3.63, 3.8) is 0 Å². The van der Waals surface area contributed by atoms with Crippen molar-refractivity contribution in [2.75, 3.05) is 36.5 Å². The number of nitrogens with one attached hydrogen (secondary N) is 2. The molecule has 0 spiro atoms. The predicted molar refractivity (Wildman–Crippen MR) is 111 cm³/mol. The highest BCUT2D eigenvalue weighted by atomic mass is 16.5. The summed E-state index contributed by atoms with van der Waals surface area (Å²) >= 11 is 0. The molecular formula is C22H23N3O5. The Hall–Kier alpha value is -3.55. The zero-order valence-corrected chi connectivity index (χ0v) is 16.4. The molecule has 1 fully saturated rings. The normalized spacial score (nSPS) is 16.9. The molecule has 4 rings (SSSR count). The summed E-state index contributed by atoms with van der Waals surface area (Å²) in [7, 11) is 0. The molecular weight excluding hydrogens is 386 g/mol. The van der Waals surface area contributed by atoms with Crippen molar-refractivity contribution < 1.29 is 23.9 Å². The van der Waals surface area contributed by atoms with Gasteiger partial charge in [-0.1, -0.05) is 18.2 Å². The summed E-state index contributed by atoms with van der Waals surface area (Å²) in [5.41, 5.74) is 1.78. The maximum absolute atomic E-state index is 12.3. The molecule has 2 N–H and O–H groups in total. The molecule has 8 heteroatoms. The van der Waals surface area contributed by atoms with Gasteiger partial charge in [0.15, 0.2) is 6.61 Å². The lowest BCUT2D eigenvalue weighted by Gasteiger charge is -2.33. The summed E-state index contributed by atoms with van der Waals surface area (Å²) in [6, 6.07) is 14.2. The maximum atomic E-state index is 12.3. The molecule has 0 saturated carbocycles. The van der Waals surface area contributed by atoms with Crippen molar-refractivity contribution >= 4 is 29.2 Å². The molecule has 0 radical (unpaired) electrons. The largest absolute Gasteiger partial charge is 0.492 e. The molecule has 8 nitrogen and oxygen atoms in total. The number of hydrogen-bond donors (Lipinski definition) is 2. The summed E-state index contributed by atoms with van der Waals surface area (Å²) < 4.78 is 10.6. The third-order valence-electron chi connectivity index (χ3n) is 5.13. The van der Waals surface area contributed by atoms with Gasteiger partial charge in [0.25, 0.3) is 5.91 Å². The van der Waals surface area contributed by atoms with Crippen LogP contribution in [0.3, 0.4) is 0 Å². The highest BCUT2D eigenvalue weighted by molar-refractivity contribution is 6.05. The lowest BCUT2D eigenvalue weighted by Crippen LogP contribution is -2.43. The number of benzene rings is 2. The van der Waals surface area contributed by atoms with E-state index in [1.54, 1.807) is 12.1 Å². The fourth-order valence-electron chi connectivity index (χ4n) is 3.70. The van der Waals surface area contributed by atoms with Crippen molar-refractivity contribution in [2.45, 2.75) is 18.9 Å². The predicted octanol–water partition coefficient (Wildman–Crippen LogP) is 1.96. The van der Waals surface area contributed by atoms with Gasteiger partial charge in [-0.25, -0.2) is 4.79 Å². The lowest BCUT2D eigenvalue weighted by atomic mass is 10.1. The first-order chi connectivity index (χ1) is 14.6. The SMILES string of the molecule is O=C(COC(=O)c1ccc2c(c1)NC(=O)[C@@H]1CCCN21)NCCOc1ccccc1. The first-order valence-electron chi connectivity index (χ1n) is 9.95. The number of fused-ring (bicyclic) bond motifs is 3. The highest BCUT2D eigenvalue weighted by Crippen LogP contribution is 2.37. The summed E-state index contributed by atoms with van der Waals surface area (Å²) in [4.78, 5) is 38.5. The van der Waals surface area contributed by atoms with E-state index in [0.717, 1.165) is 30.8 Å². The fraction of sp³-hybridized carbons (Fsp3) is 0.318. The van der Waals surface area contributed by atoms with Gasteiger partial charge < -0.3 is 25.0 Å². The molecule has 0 aromatic heterocycles. The minimum absolute atomic E-state index is 0.0531. The van der Waals surface area contributed by atoms with Crippen LogP contribution in [0, 0.1) is 0 Å². The van der Waals surface area contributed by atoms with Gasteiger partial charge in [-0.05, 0) is 43.2 Å². The standard InChI is InChI=1S/C22H23N3O5/c26-20(23-10-12-29-16-5-2-1-3-6-16)14-30-22(28)15-8-9-18-17(13-15)24-21(27)19-7-4-11-25(18)19/h1-3,5-6,8-9,13,19H,4,7,10-12,14H2,(H,23,26)(H,24,27)/t19-/m0/s1. The number of anilines is 2. The van der Waals surface area contributed by atoms with E-state index < -0.39 is 11.9 Å². The average Bonchev–Trinajstić information content (AvgIpc) is 3.26. The van der Waals surface area contributed by atoms with Gasteiger partial charge in [-0.2, -0.15) is 0 Å². The van der Waals surface area contributed by atoms with E-state index in [4.69, 9.17) is 9.47 Å². The second-order valence-electron chi connectivity index (χ2n) is 7.16. The molecule has 2 aliphatic rings. The van der Waals surface area contributed by atoms with Gasteiger partial charge in [-0.15, -0.1) is 0 Å².